The number of benzene rings is 2. The summed E-state index contributed by atoms with van der Waals surface area (Å²) >= 11 is 0. The molecule has 2 aromatic rings. The molecule has 0 aromatic heterocycles. The van der Waals surface area contributed by atoms with Crippen molar-refractivity contribution in [1.29, 1.82) is 5.26 Å². The third kappa shape index (κ3) is 3.11. The number of nitriles is 1. The number of alkyl halides is 3. The Balaban J connectivity index is 2.45. The third-order valence-corrected chi connectivity index (χ3v) is 2.68. The number of hydrogen-bond donors (Lipinski definition) is 1. The Hall–Kier alpha value is -2.62. The number of halogens is 5. The molecule has 0 saturated carbocycles. The fourth-order valence-corrected chi connectivity index (χ4v) is 1.72. The van der Waals surface area contributed by atoms with E-state index < -0.39 is 34.6 Å². The Bertz CT molecular complexity index is 696. The van der Waals surface area contributed by atoms with Crippen LogP contribution < -0.4 is 5.32 Å². The molecule has 2 rings (SSSR count). The maximum Gasteiger partial charge on any atom is 0.417 e. The summed E-state index contributed by atoms with van der Waals surface area (Å²) in [6.45, 7) is 0. The van der Waals surface area contributed by atoms with E-state index >= 15 is 0 Å². The molecule has 21 heavy (non-hydrogen) atoms. The van der Waals surface area contributed by atoms with E-state index in [1.807, 2.05) is 0 Å². The van der Waals surface area contributed by atoms with Gasteiger partial charge in [-0.05, 0) is 30.3 Å². The van der Waals surface area contributed by atoms with E-state index in [-0.39, 0.29) is 5.69 Å². The van der Waals surface area contributed by atoms with Crippen LogP contribution in [0.25, 0.3) is 0 Å². The van der Waals surface area contributed by atoms with Crippen LogP contribution in [0.5, 0.6) is 0 Å². The van der Waals surface area contributed by atoms with Crippen molar-refractivity contribution in [2.75, 3.05) is 5.32 Å². The van der Waals surface area contributed by atoms with E-state index in [0.717, 1.165) is 30.3 Å². The normalized spacial score (nSPS) is 11.0. The predicted molar refractivity (Wildman–Crippen MR) is 65.8 cm³/mol. The van der Waals surface area contributed by atoms with Crippen molar-refractivity contribution in [2.24, 2.45) is 0 Å². The van der Waals surface area contributed by atoms with Gasteiger partial charge in [-0.2, -0.15) is 18.4 Å². The molecule has 1 N–H and O–H groups in total. The largest absolute Gasteiger partial charge is 0.417 e. The number of hydrogen-bond acceptors (Lipinski definition) is 2. The van der Waals surface area contributed by atoms with Gasteiger partial charge in [0.05, 0.1) is 17.2 Å². The van der Waals surface area contributed by atoms with Crippen molar-refractivity contribution in [2.45, 2.75) is 6.18 Å². The fourth-order valence-electron chi connectivity index (χ4n) is 1.72. The van der Waals surface area contributed by atoms with Crippen LogP contribution >= 0.6 is 0 Å². The molecule has 0 bridgehead atoms. The summed E-state index contributed by atoms with van der Waals surface area (Å²) in [5.74, 6) is -1.87. The molecular formula is C14H7F5N2. The molecule has 0 aliphatic heterocycles. The topological polar surface area (TPSA) is 35.8 Å². The van der Waals surface area contributed by atoms with Gasteiger partial charge in [-0.25, -0.2) is 8.78 Å². The number of nitrogens with zero attached hydrogens (tertiary/aromatic N) is 1. The summed E-state index contributed by atoms with van der Waals surface area (Å²) in [4.78, 5) is 0. The Morgan fingerprint density at radius 3 is 2.14 bits per heavy atom. The van der Waals surface area contributed by atoms with E-state index in [9.17, 15) is 22.0 Å². The minimum atomic E-state index is -4.74. The van der Waals surface area contributed by atoms with Crippen LogP contribution in [0.15, 0.2) is 36.4 Å². The number of para-hydroxylation sites is 1. The zero-order chi connectivity index (χ0) is 15.6. The van der Waals surface area contributed by atoms with E-state index in [2.05, 4.69) is 5.32 Å². The maximum absolute atomic E-state index is 13.4. The summed E-state index contributed by atoms with van der Waals surface area (Å²) in [6, 6.07) is 7.20. The number of anilines is 2. The van der Waals surface area contributed by atoms with Gasteiger partial charge in [0.1, 0.15) is 17.3 Å². The van der Waals surface area contributed by atoms with E-state index in [1.165, 1.54) is 6.07 Å². The van der Waals surface area contributed by atoms with Crippen molar-refractivity contribution < 1.29 is 22.0 Å². The fraction of sp³-hybridized carbons (Fsp3) is 0.0714. The van der Waals surface area contributed by atoms with Crippen LogP contribution in [-0.4, -0.2) is 0 Å². The second-order valence-electron chi connectivity index (χ2n) is 4.09. The standard InChI is InChI=1S/C14H7F5N2/c15-11-2-1-3-12(16)13(11)21-9-5-4-8(7-20)10(6-9)14(17,18)19/h1-6,21H. The number of nitrogens with one attached hydrogen (secondary N) is 1. The van der Waals surface area contributed by atoms with E-state index in [0.29, 0.717) is 6.07 Å². The maximum atomic E-state index is 13.4. The predicted octanol–water partition coefficient (Wildman–Crippen LogP) is 4.60. The van der Waals surface area contributed by atoms with Gasteiger partial charge in [0.15, 0.2) is 0 Å². The minimum absolute atomic E-state index is 0.176. The summed E-state index contributed by atoms with van der Waals surface area (Å²) in [7, 11) is 0. The zero-order valence-electron chi connectivity index (χ0n) is 10.3. The molecule has 2 nitrogen and oxygen atoms in total. The average molecular weight is 298 g/mol. The lowest BCUT2D eigenvalue weighted by Crippen LogP contribution is -2.08. The monoisotopic (exact) mass is 298 g/mol. The Kier molecular flexibility index (Phi) is 3.80. The summed E-state index contributed by atoms with van der Waals surface area (Å²) < 4.78 is 65.2. The van der Waals surface area contributed by atoms with Crippen LogP contribution in [0, 0.1) is 23.0 Å². The highest BCUT2D eigenvalue weighted by Gasteiger charge is 2.33. The summed E-state index contributed by atoms with van der Waals surface area (Å²) in [5.41, 5.74) is -2.48. The van der Waals surface area contributed by atoms with Crippen LogP contribution in [0.3, 0.4) is 0 Å². The third-order valence-electron chi connectivity index (χ3n) is 2.68. The van der Waals surface area contributed by atoms with Gasteiger partial charge in [-0.15, -0.1) is 0 Å². The molecule has 7 heteroatoms. The minimum Gasteiger partial charge on any atom is -0.351 e. The second-order valence-corrected chi connectivity index (χ2v) is 4.09. The van der Waals surface area contributed by atoms with Gasteiger partial charge in [0.25, 0.3) is 0 Å². The van der Waals surface area contributed by atoms with Gasteiger partial charge >= 0.3 is 6.18 Å². The molecule has 108 valence electrons. The molecule has 0 atom stereocenters. The lowest BCUT2D eigenvalue weighted by molar-refractivity contribution is -0.137. The Labute approximate surface area is 116 Å². The highest BCUT2D eigenvalue weighted by molar-refractivity contribution is 5.63. The average Bonchev–Trinajstić information content (AvgIpc) is 2.42. The Morgan fingerprint density at radius 1 is 1.00 bits per heavy atom. The molecule has 0 radical (unpaired) electrons. The SMILES string of the molecule is N#Cc1ccc(Nc2c(F)cccc2F)cc1C(F)(F)F. The lowest BCUT2D eigenvalue weighted by Gasteiger charge is -2.13. The molecule has 0 fully saturated rings. The number of rotatable bonds is 2. The first kappa shape index (κ1) is 14.8. The molecule has 0 saturated heterocycles. The lowest BCUT2D eigenvalue weighted by atomic mass is 10.1. The molecule has 0 heterocycles. The molecule has 0 unspecified atom stereocenters. The van der Waals surface area contributed by atoms with Crippen LogP contribution in [0.4, 0.5) is 33.3 Å². The van der Waals surface area contributed by atoms with E-state index in [4.69, 9.17) is 5.26 Å². The first-order chi connectivity index (χ1) is 9.82. The first-order valence-corrected chi connectivity index (χ1v) is 5.65. The molecule has 2 aromatic carbocycles. The highest BCUT2D eigenvalue weighted by Crippen LogP contribution is 2.34. The van der Waals surface area contributed by atoms with Gasteiger partial charge in [0.2, 0.25) is 0 Å². The molecular weight excluding hydrogens is 291 g/mol. The van der Waals surface area contributed by atoms with E-state index in [1.54, 1.807) is 0 Å². The van der Waals surface area contributed by atoms with Gasteiger partial charge < -0.3 is 5.32 Å². The smallest absolute Gasteiger partial charge is 0.351 e. The zero-order valence-corrected chi connectivity index (χ0v) is 10.3. The molecule has 0 spiro atoms. The van der Waals surface area contributed by atoms with Crippen molar-refractivity contribution >= 4 is 11.4 Å². The summed E-state index contributed by atoms with van der Waals surface area (Å²) in [6.07, 6.45) is -4.74. The van der Waals surface area contributed by atoms with Crippen molar-refractivity contribution in [3.63, 3.8) is 0 Å². The van der Waals surface area contributed by atoms with Crippen LogP contribution in [-0.2, 0) is 6.18 Å². The quantitative estimate of drug-likeness (QED) is 0.822. The summed E-state index contributed by atoms with van der Waals surface area (Å²) in [5, 5.41) is 10.9. The highest BCUT2D eigenvalue weighted by atomic mass is 19.4. The van der Waals surface area contributed by atoms with Gasteiger partial charge in [-0.3, -0.25) is 0 Å². The first-order valence-electron chi connectivity index (χ1n) is 5.65. The van der Waals surface area contributed by atoms with Crippen molar-refractivity contribution in [3.05, 3.63) is 59.2 Å². The van der Waals surface area contributed by atoms with Gasteiger partial charge in [0, 0.05) is 5.69 Å². The van der Waals surface area contributed by atoms with Crippen molar-refractivity contribution in [3.8, 4) is 6.07 Å². The van der Waals surface area contributed by atoms with Crippen LogP contribution in [0.2, 0.25) is 0 Å². The van der Waals surface area contributed by atoms with Gasteiger partial charge in [-0.1, -0.05) is 6.07 Å². The Morgan fingerprint density at radius 2 is 1.62 bits per heavy atom. The van der Waals surface area contributed by atoms with Crippen LogP contribution in [0.1, 0.15) is 11.1 Å². The second kappa shape index (κ2) is 5.40. The van der Waals surface area contributed by atoms with Crippen molar-refractivity contribution in [1.82, 2.24) is 0 Å². The molecule has 0 aliphatic carbocycles. The molecule has 0 aliphatic rings. The molecule has 0 amide bonds.